The largest absolute Gasteiger partial charge is 0.369 e. The van der Waals surface area contributed by atoms with E-state index in [0.29, 0.717) is 5.13 Å². The van der Waals surface area contributed by atoms with Gasteiger partial charge in [-0.05, 0) is 6.92 Å². The smallest absolute Gasteiger partial charge is 0.234 e. The number of hydrogen-bond acceptors (Lipinski definition) is 4. The Morgan fingerprint density at radius 3 is 2.62 bits per heavy atom. The van der Waals surface area contributed by atoms with E-state index in [-0.39, 0.29) is 0 Å². The minimum absolute atomic E-state index is 0.524. The molecule has 0 bridgehead atoms. The Balaban J connectivity index is 2.60. The molecule has 0 saturated heterocycles. The maximum Gasteiger partial charge on any atom is 0.234 e. The summed E-state index contributed by atoms with van der Waals surface area (Å²) in [5.74, 6) is 0. The van der Waals surface area contributed by atoms with Crippen LogP contribution in [0.15, 0.2) is 5.38 Å². The van der Waals surface area contributed by atoms with Crippen molar-refractivity contribution in [2.24, 2.45) is 0 Å². The zero-order valence-electron chi connectivity index (χ0n) is 6.59. The number of aromatic nitrogens is 1. The summed E-state index contributed by atoms with van der Waals surface area (Å²) in [5, 5.41) is 14.2. The molecule has 1 heterocycles. The van der Waals surface area contributed by atoms with Crippen LogP contribution in [0.5, 0.6) is 0 Å². The first-order valence-electron chi connectivity index (χ1n) is 3.33. The molecule has 1 rings (SSSR count). The van der Waals surface area contributed by atoms with Gasteiger partial charge in [-0.25, -0.2) is 4.98 Å². The monoisotopic (exact) mass is 260 g/mol. The molecule has 2 N–H and O–H groups in total. The lowest BCUT2D eigenvalue weighted by atomic mass is 10.6. The number of thiazole rings is 1. The number of halogens is 3. The second kappa shape index (κ2) is 4.19. The third-order valence-corrected chi connectivity index (χ3v) is 2.70. The molecule has 1 aromatic rings. The third kappa shape index (κ3) is 3.48. The molecule has 7 heteroatoms. The van der Waals surface area contributed by atoms with E-state index in [2.05, 4.69) is 10.3 Å². The zero-order valence-corrected chi connectivity index (χ0v) is 9.68. The number of hydrogen-bond donors (Lipinski definition) is 2. The Labute approximate surface area is 94.6 Å². The number of rotatable bonds is 2. The summed E-state index contributed by atoms with van der Waals surface area (Å²) in [6.45, 7) is 1.84. The van der Waals surface area contributed by atoms with Gasteiger partial charge in [-0.3, -0.25) is 0 Å². The first-order chi connectivity index (χ1) is 5.89. The Morgan fingerprint density at radius 2 is 2.23 bits per heavy atom. The van der Waals surface area contributed by atoms with Crippen molar-refractivity contribution in [3.05, 3.63) is 11.1 Å². The molecule has 0 aliphatic carbocycles. The normalized spacial score (nSPS) is 14.2. The van der Waals surface area contributed by atoms with E-state index in [4.69, 9.17) is 34.8 Å². The molecule has 13 heavy (non-hydrogen) atoms. The summed E-state index contributed by atoms with van der Waals surface area (Å²) in [5.41, 5.74) is 0.851. The van der Waals surface area contributed by atoms with Crippen LogP contribution in [0.2, 0.25) is 0 Å². The third-order valence-electron chi connectivity index (χ3n) is 1.19. The fourth-order valence-corrected chi connectivity index (χ4v) is 1.49. The molecule has 0 aromatic carbocycles. The van der Waals surface area contributed by atoms with Gasteiger partial charge in [0.2, 0.25) is 3.79 Å². The van der Waals surface area contributed by atoms with Crippen molar-refractivity contribution < 1.29 is 5.11 Å². The molecule has 1 aromatic heterocycles. The number of nitrogens with zero attached hydrogens (tertiary/aromatic N) is 1. The first-order valence-corrected chi connectivity index (χ1v) is 5.34. The lowest BCUT2D eigenvalue weighted by Gasteiger charge is -2.19. The van der Waals surface area contributed by atoms with Crippen molar-refractivity contribution in [2.45, 2.75) is 16.9 Å². The van der Waals surface area contributed by atoms with Gasteiger partial charge in [0, 0.05) is 5.38 Å². The highest BCUT2D eigenvalue weighted by Gasteiger charge is 2.31. The van der Waals surface area contributed by atoms with E-state index in [0.717, 1.165) is 5.69 Å². The fourth-order valence-electron chi connectivity index (χ4n) is 0.619. The van der Waals surface area contributed by atoms with Crippen LogP contribution in [0, 0.1) is 6.92 Å². The van der Waals surface area contributed by atoms with E-state index in [1.807, 2.05) is 12.3 Å². The predicted molar refractivity (Wildman–Crippen MR) is 56.8 cm³/mol. The highest BCUT2D eigenvalue weighted by molar-refractivity contribution is 7.13. The SMILES string of the molecule is Cc1csc(NC(O)C(Cl)(Cl)Cl)n1. The molecule has 1 atom stereocenters. The van der Waals surface area contributed by atoms with Crippen LogP contribution in [0.3, 0.4) is 0 Å². The highest BCUT2D eigenvalue weighted by Crippen LogP contribution is 2.31. The van der Waals surface area contributed by atoms with Gasteiger partial charge in [0.1, 0.15) is 0 Å². The molecule has 0 saturated carbocycles. The first kappa shape index (κ1) is 11.3. The summed E-state index contributed by atoms with van der Waals surface area (Å²) in [7, 11) is 0. The summed E-state index contributed by atoms with van der Waals surface area (Å²) in [6, 6.07) is 0. The van der Waals surface area contributed by atoms with Crippen LogP contribution in [0.1, 0.15) is 5.69 Å². The van der Waals surface area contributed by atoms with Crippen LogP contribution in [-0.4, -0.2) is 20.1 Å². The Morgan fingerprint density at radius 1 is 1.62 bits per heavy atom. The van der Waals surface area contributed by atoms with Crippen LogP contribution in [0.4, 0.5) is 5.13 Å². The van der Waals surface area contributed by atoms with Crippen LogP contribution in [0.25, 0.3) is 0 Å². The Kier molecular flexibility index (Phi) is 3.65. The average molecular weight is 262 g/mol. The van der Waals surface area contributed by atoms with E-state index in [1.54, 1.807) is 0 Å². The maximum atomic E-state index is 9.31. The molecular formula is C6H7Cl3N2OS. The van der Waals surface area contributed by atoms with Gasteiger partial charge in [-0.1, -0.05) is 34.8 Å². The summed E-state index contributed by atoms with van der Waals surface area (Å²) < 4.78 is -1.75. The van der Waals surface area contributed by atoms with E-state index in [1.165, 1.54) is 11.3 Å². The van der Waals surface area contributed by atoms with Gasteiger partial charge in [0.15, 0.2) is 11.4 Å². The second-order valence-corrected chi connectivity index (χ2v) is 5.61. The number of alkyl halides is 3. The van der Waals surface area contributed by atoms with E-state index >= 15 is 0 Å². The topological polar surface area (TPSA) is 45.1 Å². The van der Waals surface area contributed by atoms with Gasteiger partial charge in [-0.15, -0.1) is 11.3 Å². The summed E-state index contributed by atoms with van der Waals surface area (Å²) in [6.07, 6.45) is -1.26. The zero-order chi connectivity index (χ0) is 10.1. The number of nitrogens with one attached hydrogen (secondary N) is 1. The quantitative estimate of drug-likeness (QED) is 0.635. The van der Waals surface area contributed by atoms with Crippen LogP contribution < -0.4 is 5.32 Å². The predicted octanol–water partition coefficient (Wildman–Crippen LogP) is 2.55. The Hall–Kier alpha value is 0.260. The van der Waals surface area contributed by atoms with Crippen LogP contribution >= 0.6 is 46.1 Å². The van der Waals surface area contributed by atoms with Crippen LogP contribution in [-0.2, 0) is 0 Å². The van der Waals surface area contributed by atoms with Crippen molar-refractivity contribution in [2.75, 3.05) is 5.32 Å². The molecule has 1 unspecified atom stereocenters. The number of aliphatic hydroxyl groups excluding tert-OH is 1. The van der Waals surface area contributed by atoms with Gasteiger partial charge >= 0.3 is 0 Å². The molecular weight excluding hydrogens is 255 g/mol. The molecule has 0 amide bonds. The van der Waals surface area contributed by atoms with Crippen molar-refractivity contribution in [3.63, 3.8) is 0 Å². The molecule has 0 fully saturated rings. The standard InChI is InChI=1S/C6H7Cl3N2OS/c1-3-2-13-5(10-3)11-4(12)6(7,8)9/h2,4,12H,1H3,(H,10,11). The second-order valence-electron chi connectivity index (χ2n) is 2.38. The van der Waals surface area contributed by atoms with Gasteiger partial charge < -0.3 is 10.4 Å². The molecule has 74 valence electrons. The number of aryl methyl sites for hydroxylation is 1. The maximum absolute atomic E-state index is 9.31. The van der Waals surface area contributed by atoms with Gasteiger partial charge in [-0.2, -0.15) is 0 Å². The molecule has 0 radical (unpaired) electrons. The molecule has 0 spiro atoms. The number of anilines is 1. The molecule has 0 aliphatic heterocycles. The lowest BCUT2D eigenvalue weighted by Crippen LogP contribution is -2.33. The fraction of sp³-hybridized carbons (Fsp3) is 0.500. The Bertz CT molecular complexity index is 286. The van der Waals surface area contributed by atoms with Crippen molar-refractivity contribution in [1.29, 1.82) is 0 Å². The average Bonchev–Trinajstić information content (AvgIpc) is 2.33. The van der Waals surface area contributed by atoms with Gasteiger partial charge in [0.05, 0.1) is 5.69 Å². The van der Waals surface area contributed by atoms with E-state index in [9.17, 15) is 5.11 Å². The van der Waals surface area contributed by atoms with Crippen molar-refractivity contribution >= 4 is 51.3 Å². The highest BCUT2D eigenvalue weighted by atomic mass is 35.6. The summed E-state index contributed by atoms with van der Waals surface area (Å²) in [4.78, 5) is 4.04. The van der Waals surface area contributed by atoms with E-state index < -0.39 is 10.0 Å². The number of aliphatic hydroxyl groups is 1. The minimum atomic E-state index is -1.75. The minimum Gasteiger partial charge on any atom is -0.369 e. The lowest BCUT2D eigenvalue weighted by molar-refractivity contribution is 0.208. The molecule has 3 nitrogen and oxygen atoms in total. The van der Waals surface area contributed by atoms with Crippen molar-refractivity contribution in [1.82, 2.24) is 4.98 Å². The van der Waals surface area contributed by atoms with Gasteiger partial charge in [0.25, 0.3) is 0 Å². The van der Waals surface area contributed by atoms with Crippen molar-refractivity contribution in [3.8, 4) is 0 Å². The summed E-state index contributed by atoms with van der Waals surface area (Å²) >= 11 is 17.6. The molecule has 0 aliphatic rings.